The van der Waals surface area contributed by atoms with Crippen molar-refractivity contribution in [2.45, 2.75) is 10.8 Å². The molecule has 0 saturated carbocycles. The van der Waals surface area contributed by atoms with Crippen LogP contribution in [-0.2, 0) is 5.75 Å². The van der Waals surface area contributed by atoms with Gasteiger partial charge in [-0.05, 0) is 11.6 Å². The number of carbonyl (C=O) groups excluding carboxylic acids is 1. The van der Waals surface area contributed by atoms with Crippen LogP contribution in [0.2, 0.25) is 0 Å². The zero-order valence-electron chi connectivity index (χ0n) is 9.54. The van der Waals surface area contributed by atoms with E-state index in [4.69, 9.17) is 11.5 Å². The molecule has 0 atom stereocenters. The highest BCUT2D eigenvalue weighted by atomic mass is 32.2. The largest absolute Gasteiger partial charge is 0.381 e. The van der Waals surface area contributed by atoms with Gasteiger partial charge in [-0.2, -0.15) is 0 Å². The number of aromatic nitrogens is 2. The molecule has 2 rings (SSSR count). The standard InChI is InChI=1S/C12H12N4OS/c13-10-12(16-6-5-15-10)18-7-8-3-1-2-4-9(8)11(14)17/h1-6H,7H2,(H2,13,15)(H2,14,17). The van der Waals surface area contributed by atoms with Gasteiger partial charge in [-0.25, -0.2) is 9.97 Å². The summed E-state index contributed by atoms with van der Waals surface area (Å²) >= 11 is 1.43. The smallest absolute Gasteiger partial charge is 0.249 e. The second-order valence-electron chi connectivity index (χ2n) is 3.56. The maximum Gasteiger partial charge on any atom is 0.249 e. The van der Waals surface area contributed by atoms with Crippen LogP contribution in [0.15, 0.2) is 41.7 Å². The van der Waals surface area contributed by atoms with Gasteiger partial charge in [0, 0.05) is 23.7 Å². The van der Waals surface area contributed by atoms with Crippen LogP contribution in [0, 0.1) is 0 Å². The quantitative estimate of drug-likeness (QED) is 0.811. The van der Waals surface area contributed by atoms with E-state index in [1.165, 1.54) is 18.0 Å². The van der Waals surface area contributed by atoms with E-state index in [2.05, 4.69) is 9.97 Å². The van der Waals surface area contributed by atoms with Crippen molar-refractivity contribution in [2.24, 2.45) is 5.73 Å². The van der Waals surface area contributed by atoms with Gasteiger partial charge in [-0.15, -0.1) is 0 Å². The molecule has 1 amide bonds. The maximum atomic E-state index is 11.3. The molecule has 0 aliphatic carbocycles. The minimum Gasteiger partial charge on any atom is -0.381 e. The number of nitrogen functional groups attached to an aromatic ring is 1. The molecule has 1 heterocycles. The zero-order chi connectivity index (χ0) is 13.0. The van der Waals surface area contributed by atoms with Gasteiger partial charge in [0.1, 0.15) is 5.03 Å². The summed E-state index contributed by atoms with van der Waals surface area (Å²) in [5.74, 6) is 0.527. The highest BCUT2D eigenvalue weighted by molar-refractivity contribution is 7.98. The van der Waals surface area contributed by atoms with Gasteiger partial charge in [-0.1, -0.05) is 30.0 Å². The molecule has 4 N–H and O–H groups in total. The number of benzene rings is 1. The van der Waals surface area contributed by atoms with E-state index in [0.717, 1.165) is 5.56 Å². The monoisotopic (exact) mass is 260 g/mol. The number of hydrogen-bond acceptors (Lipinski definition) is 5. The van der Waals surface area contributed by atoms with Gasteiger partial charge in [0.15, 0.2) is 5.82 Å². The highest BCUT2D eigenvalue weighted by Crippen LogP contribution is 2.25. The van der Waals surface area contributed by atoms with Crippen molar-refractivity contribution in [1.29, 1.82) is 0 Å². The number of nitrogens with two attached hydrogens (primary N) is 2. The Balaban J connectivity index is 2.16. The van der Waals surface area contributed by atoms with Crippen LogP contribution in [0.3, 0.4) is 0 Å². The van der Waals surface area contributed by atoms with Gasteiger partial charge in [0.2, 0.25) is 5.91 Å². The average molecular weight is 260 g/mol. The molecular formula is C12H12N4OS. The Kier molecular flexibility index (Phi) is 3.78. The number of amides is 1. The lowest BCUT2D eigenvalue weighted by Crippen LogP contribution is -2.13. The van der Waals surface area contributed by atoms with Crippen LogP contribution in [0.25, 0.3) is 0 Å². The predicted octanol–water partition coefficient (Wildman–Crippen LogP) is 1.45. The van der Waals surface area contributed by atoms with E-state index in [1.54, 1.807) is 18.3 Å². The molecule has 5 nitrogen and oxygen atoms in total. The first kappa shape index (κ1) is 12.4. The fraction of sp³-hybridized carbons (Fsp3) is 0.0833. The lowest BCUT2D eigenvalue weighted by atomic mass is 10.1. The summed E-state index contributed by atoms with van der Waals surface area (Å²) in [5.41, 5.74) is 12.4. The predicted molar refractivity (Wildman–Crippen MR) is 71.0 cm³/mol. The van der Waals surface area contributed by atoms with Crippen LogP contribution < -0.4 is 11.5 Å². The fourth-order valence-electron chi connectivity index (χ4n) is 1.48. The molecule has 0 saturated heterocycles. The van der Waals surface area contributed by atoms with E-state index < -0.39 is 5.91 Å². The Hall–Kier alpha value is -2.08. The van der Waals surface area contributed by atoms with E-state index >= 15 is 0 Å². The lowest BCUT2D eigenvalue weighted by Gasteiger charge is -2.06. The van der Waals surface area contributed by atoms with E-state index in [9.17, 15) is 4.79 Å². The second kappa shape index (κ2) is 5.50. The molecule has 1 aromatic heterocycles. The van der Waals surface area contributed by atoms with Crippen molar-refractivity contribution >= 4 is 23.5 Å². The van der Waals surface area contributed by atoms with Crippen LogP contribution in [0.4, 0.5) is 5.82 Å². The van der Waals surface area contributed by atoms with Gasteiger partial charge in [0.25, 0.3) is 0 Å². The Morgan fingerprint density at radius 1 is 1.22 bits per heavy atom. The minimum atomic E-state index is -0.432. The summed E-state index contributed by atoms with van der Waals surface area (Å²) in [7, 11) is 0. The van der Waals surface area contributed by atoms with Gasteiger partial charge < -0.3 is 11.5 Å². The second-order valence-corrected chi connectivity index (χ2v) is 4.52. The minimum absolute atomic E-state index is 0.388. The van der Waals surface area contributed by atoms with Gasteiger partial charge >= 0.3 is 0 Å². The number of anilines is 1. The third kappa shape index (κ3) is 2.78. The van der Waals surface area contributed by atoms with Gasteiger partial charge in [0.05, 0.1) is 0 Å². The molecule has 0 unspecified atom stereocenters. The Morgan fingerprint density at radius 3 is 2.67 bits per heavy atom. The molecule has 0 radical (unpaired) electrons. The van der Waals surface area contributed by atoms with E-state index in [0.29, 0.717) is 22.2 Å². The molecular weight excluding hydrogens is 248 g/mol. The molecule has 0 spiro atoms. The van der Waals surface area contributed by atoms with Crippen molar-refractivity contribution in [2.75, 3.05) is 5.73 Å². The van der Waals surface area contributed by atoms with Crippen LogP contribution in [0.1, 0.15) is 15.9 Å². The summed E-state index contributed by atoms with van der Waals surface area (Å²) in [6.07, 6.45) is 3.12. The number of primary amides is 1. The molecule has 0 bridgehead atoms. The molecule has 0 fully saturated rings. The van der Waals surface area contributed by atoms with Crippen molar-refractivity contribution in [3.05, 3.63) is 47.8 Å². The molecule has 0 aliphatic heterocycles. The average Bonchev–Trinajstić information content (AvgIpc) is 2.38. The van der Waals surface area contributed by atoms with Crippen molar-refractivity contribution in [1.82, 2.24) is 9.97 Å². The van der Waals surface area contributed by atoms with Crippen LogP contribution >= 0.6 is 11.8 Å². The zero-order valence-corrected chi connectivity index (χ0v) is 10.4. The molecule has 1 aromatic carbocycles. The summed E-state index contributed by atoms with van der Waals surface area (Å²) in [6.45, 7) is 0. The molecule has 18 heavy (non-hydrogen) atoms. The summed E-state index contributed by atoms with van der Waals surface area (Å²) in [4.78, 5) is 19.3. The van der Waals surface area contributed by atoms with E-state index in [-0.39, 0.29) is 0 Å². The number of rotatable bonds is 4. The maximum absolute atomic E-state index is 11.3. The first-order valence-electron chi connectivity index (χ1n) is 5.25. The SMILES string of the molecule is NC(=O)c1ccccc1CSc1nccnc1N. The first-order valence-corrected chi connectivity index (χ1v) is 6.24. The Bertz CT molecular complexity index is 574. The molecule has 0 aliphatic rings. The fourth-order valence-corrected chi connectivity index (χ4v) is 2.36. The number of carbonyl (C=O) groups is 1. The van der Waals surface area contributed by atoms with Crippen molar-refractivity contribution in [3.8, 4) is 0 Å². The third-order valence-electron chi connectivity index (χ3n) is 2.34. The Labute approximate surface area is 109 Å². The van der Waals surface area contributed by atoms with Crippen LogP contribution in [0.5, 0.6) is 0 Å². The summed E-state index contributed by atoms with van der Waals surface area (Å²) < 4.78 is 0. The molecule has 2 aromatic rings. The Morgan fingerprint density at radius 2 is 1.94 bits per heavy atom. The molecule has 92 valence electrons. The topological polar surface area (TPSA) is 94.9 Å². The first-order chi connectivity index (χ1) is 8.68. The summed E-state index contributed by atoms with van der Waals surface area (Å²) in [6, 6.07) is 7.21. The summed E-state index contributed by atoms with van der Waals surface area (Å²) in [5, 5.41) is 0.650. The van der Waals surface area contributed by atoms with Gasteiger partial charge in [-0.3, -0.25) is 4.79 Å². The molecule has 6 heteroatoms. The lowest BCUT2D eigenvalue weighted by molar-refractivity contribution is 0.0999. The normalized spacial score (nSPS) is 10.2. The number of nitrogens with zero attached hydrogens (tertiary/aromatic N) is 2. The highest BCUT2D eigenvalue weighted by Gasteiger charge is 2.09. The number of thioether (sulfide) groups is 1. The van der Waals surface area contributed by atoms with Crippen LogP contribution in [-0.4, -0.2) is 15.9 Å². The number of hydrogen-bond donors (Lipinski definition) is 2. The van der Waals surface area contributed by atoms with E-state index in [1.807, 2.05) is 12.1 Å². The third-order valence-corrected chi connectivity index (χ3v) is 3.38. The van der Waals surface area contributed by atoms with Crippen molar-refractivity contribution < 1.29 is 4.79 Å². The van der Waals surface area contributed by atoms with Crippen molar-refractivity contribution in [3.63, 3.8) is 0 Å².